The van der Waals surface area contributed by atoms with Crippen molar-refractivity contribution in [2.75, 3.05) is 6.54 Å². The molecule has 1 aromatic carbocycles. The van der Waals surface area contributed by atoms with Crippen molar-refractivity contribution in [1.29, 1.82) is 0 Å². The number of aliphatic carboxylic acids is 2. The molecule has 17 heteroatoms. The number of carboxylic acids is 2. The molecule has 0 aliphatic heterocycles. The van der Waals surface area contributed by atoms with Crippen molar-refractivity contribution < 1.29 is 39.3 Å². The second-order valence-electron chi connectivity index (χ2n) is 9.33. The van der Waals surface area contributed by atoms with Crippen molar-refractivity contribution in [3.8, 4) is 5.75 Å². The lowest BCUT2D eigenvalue weighted by atomic mass is 10.0. The molecular formula is C25H35N9O8. The van der Waals surface area contributed by atoms with E-state index in [2.05, 4.69) is 30.9 Å². The first-order valence-corrected chi connectivity index (χ1v) is 12.8. The first-order valence-electron chi connectivity index (χ1n) is 12.8. The summed E-state index contributed by atoms with van der Waals surface area (Å²) in [6.07, 6.45) is 2.07. The number of nitrogens with zero attached hydrogens (tertiary/aromatic N) is 2. The van der Waals surface area contributed by atoms with Crippen molar-refractivity contribution in [2.24, 2.45) is 22.2 Å². The van der Waals surface area contributed by atoms with Crippen LogP contribution in [0.4, 0.5) is 0 Å². The van der Waals surface area contributed by atoms with Gasteiger partial charge < -0.3 is 53.5 Å². The molecular weight excluding hydrogens is 554 g/mol. The number of aromatic nitrogens is 2. The number of nitrogens with one attached hydrogen (secondary N) is 4. The summed E-state index contributed by atoms with van der Waals surface area (Å²) >= 11 is 0. The number of carbonyl (C=O) groups is 5. The number of hydrogen-bond acceptors (Lipinski definition) is 9. The number of imidazole rings is 1. The van der Waals surface area contributed by atoms with Gasteiger partial charge in [0.2, 0.25) is 17.7 Å². The average molecular weight is 590 g/mol. The van der Waals surface area contributed by atoms with E-state index in [1.54, 1.807) is 12.1 Å². The largest absolute Gasteiger partial charge is 0.508 e. The standard InChI is InChI=1S/C25H35N9O8/c26-16(8-13-3-5-15(35)6-4-13)21(38)33-18(9-14-11-29-12-31-14)23(40)32-17(2-1-7-30-25(27)28)22(39)34-19(24(41)42)10-20(36)37/h3-6,11-12,16-19,35H,1-2,7-10,26H2,(H,29,31)(H,32,40)(H,33,38)(H,34,39)(H,36,37)(H,41,42)(H4,27,28,30). The van der Waals surface area contributed by atoms with E-state index in [-0.39, 0.29) is 43.9 Å². The van der Waals surface area contributed by atoms with E-state index in [4.69, 9.17) is 22.3 Å². The monoisotopic (exact) mass is 589 g/mol. The number of phenolic OH excluding ortho intramolecular Hbond substituents is 1. The Morgan fingerprint density at radius 2 is 1.52 bits per heavy atom. The van der Waals surface area contributed by atoms with Gasteiger partial charge in [-0.15, -0.1) is 0 Å². The third-order valence-electron chi connectivity index (χ3n) is 5.91. The molecule has 13 N–H and O–H groups in total. The summed E-state index contributed by atoms with van der Waals surface area (Å²) in [4.78, 5) is 72.4. The maximum absolute atomic E-state index is 13.4. The summed E-state index contributed by atoms with van der Waals surface area (Å²) in [5, 5.41) is 34.9. The van der Waals surface area contributed by atoms with E-state index in [1.165, 1.54) is 24.7 Å². The zero-order valence-electron chi connectivity index (χ0n) is 22.5. The predicted molar refractivity (Wildman–Crippen MR) is 148 cm³/mol. The second kappa shape index (κ2) is 16.2. The molecule has 3 amide bonds. The number of aromatic amines is 1. The fourth-order valence-electron chi connectivity index (χ4n) is 3.77. The van der Waals surface area contributed by atoms with Crippen LogP contribution < -0.4 is 33.2 Å². The summed E-state index contributed by atoms with van der Waals surface area (Å²) in [6, 6.07) is 0.661. The molecule has 4 atom stereocenters. The Balaban J connectivity index is 2.21. The summed E-state index contributed by atoms with van der Waals surface area (Å²) in [6.45, 7) is 0.0832. The number of amides is 3. The maximum atomic E-state index is 13.4. The molecule has 0 bridgehead atoms. The lowest BCUT2D eigenvalue weighted by Gasteiger charge is -2.25. The van der Waals surface area contributed by atoms with Crippen LogP contribution in [0.2, 0.25) is 0 Å². The zero-order chi connectivity index (χ0) is 31.2. The van der Waals surface area contributed by atoms with Gasteiger partial charge in [0.05, 0.1) is 18.8 Å². The molecule has 0 spiro atoms. The minimum Gasteiger partial charge on any atom is -0.508 e. The first kappa shape index (κ1) is 33.0. The Bertz CT molecular complexity index is 1250. The van der Waals surface area contributed by atoms with Gasteiger partial charge in [-0.25, -0.2) is 9.78 Å². The van der Waals surface area contributed by atoms with E-state index < -0.39 is 60.2 Å². The van der Waals surface area contributed by atoms with Crippen LogP contribution in [0.1, 0.15) is 30.5 Å². The second-order valence-corrected chi connectivity index (χ2v) is 9.33. The number of carbonyl (C=O) groups excluding carboxylic acids is 3. The van der Waals surface area contributed by atoms with Crippen molar-refractivity contribution >= 4 is 35.6 Å². The third kappa shape index (κ3) is 11.5. The number of H-pyrrole nitrogens is 1. The molecule has 17 nitrogen and oxygen atoms in total. The van der Waals surface area contributed by atoms with Gasteiger partial charge in [0.15, 0.2) is 5.96 Å². The summed E-state index contributed by atoms with van der Waals surface area (Å²) in [5.41, 5.74) is 17.8. The van der Waals surface area contributed by atoms with E-state index in [0.29, 0.717) is 11.3 Å². The normalized spacial score (nSPS) is 13.5. The number of hydrogen-bond donors (Lipinski definition) is 10. The zero-order valence-corrected chi connectivity index (χ0v) is 22.5. The molecule has 0 aliphatic carbocycles. The minimum absolute atomic E-state index is 0.0441. The van der Waals surface area contributed by atoms with Crippen molar-refractivity contribution in [2.45, 2.75) is 56.3 Å². The third-order valence-corrected chi connectivity index (χ3v) is 5.91. The smallest absolute Gasteiger partial charge is 0.326 e. The minimum atomic E-state index is -1.76. The molecule has 4 unspecified atom stereocenters. The van der Waals surface area contributed by atoms with Crippen molar-refractivity contribution in [3.05, 3.63) is 48.0 Å². The molecule has 0 fully saturated rings. The van der Waals surface area contributed by atoms with Gasteiger partial charge in [0.25, 0.3) is 0 Å². The highest BCUT2D eigenvalue weighted by Gasteiger charge is 2.31. The first-order chi connectivity index (χ1) is 19.8. The van der Waals surface area contributed by atoms with Crippen LogP contribution in [-0.2, 0) is 36.8 Å². The summed E-state index contributed by atoms with van der Waals surface area (Å²) in [7, 11) is 0. The quantitative estimate of drug-likeness (QED) is 0.0512. The van der Waals surface area contributed by atoms with Gasteiger partial charge >= 0.3 is 11.9 Å². The number of carboxylic acid groups (broad SMARTS) is 2. The molecule has 2 aromatic rings. The topological polar surface area (TPSA) is 301 Å². The van der Waals surface area contributed by atoms with Crippen LogP contribution in [0.15, 0.2) is 41.8 Å². The molecule has 1 heterocycles. The number of aromatic hydroxyl groups is 1. The maximum Gasteiger partial charge on any atom is 0.326 e. The molecule has 2 rings (SSSR count). The number of nitrogens with two attached hydrogens (primary N) is 3. The number of guanidine groups is 1. The summed E-state index contributed by atoms with van der Waals surface area (Å²) < 4.78 is 0. The van der Waals surface area contributed by atoms with Crippen LogP contribution >= 0.6 is 0 Å². The Kier molecular flexibility index (Phi) is 12.7. The van der Waals surface area contributed by atoms with E-state index in [0.717, 1.165) is 0 Å². The van der Waals surface area contributed by atoms with Crippen molar-refractivity contribution in [1.82, 2.24) is 25.9 Å². The van der Waals surface area contributed by atoms with E-state index >= 15 is 0 Å². The number of benzene rings is 1. The van der Waals surface area contributed by atoms with E-state index in [1.807, 2.05) is 0 Å². The highest BCUT2D eigenvalue weighted by Crippen LogP contribution is 2.11. The Labute approximate surface area is 240 Å². The van der Waals surface area contributed by atoms with E-state index in [9.17, 15) is 34.2 Å². The average Bonchev–Trinajstić information content (AvgIpc) is 3.43. The van der Waals surface area contributed by atoms with Gasteiger partial charge in [-0.1, -0.05) is 12.1 Å². The molecule has 1 aromatic heterocycles. The Morgan fingerprint density at radius 3 is 2.10 bits per heavy atom. The molecule has 0 radical (unpaired) electrons. The van der Waals surface area contributed by atoms with Crippen LogP contribution in [0, 0.1) is 0 Å². The number of rotatable bonds is 17. The van der Waals surface area contributed by atoms with Gasteiger partial charge in [-0.05, 0) is 37.0 Å². The van der Waals surface area contributed by atoms with Gasteiger partial charge in [-0.3, -0.25) is 24.2 Å². The van der Waals surface area contributed by atoms with Crippen LogP contribution in [0.3, 0.4) is 0 Å². The van der Waals surface area contributed by atoms with Crippen molar-refractivity contribution in [3.63, 3.8) is 0 Å². The molecule has 228 valence electrons. The lowest BCUT2D eigenvalue weighted by molar-refractivity contribution is -0.147. The Morgan fingerprint density at radius 1 is 0.905 bits per heavy atom. The molecule has 42 heavy (non-hydrogen) atoms. The predicted octanol–water partition coefficient (Wildman–Crippen LogP) is -2.70. The van der Waals surface area contributed by atoms with Crippen LogP contribution in [0.25, 0.3) is 0 Å². The highest BCUT2D eigenvalue weighted by molar-refractivity contribution is 5.94. The van der Waals surface area contributed by atoms with Gasteiger partial charge in [-0.2, -0.15) is 0 Å². The fourth-order valence-corrected chi connectivity index (χ4v) is 3.77. The summed E-state index contributed by atoms with van der Waals surface area (Å²) in [5.74, 6) is -5.63. The number of aliphatic imine (C=N–C) groups is 1. The van der Waals surface area contributed by atoms with Gasteiger partial charge in [0, 0.05) is 24.9 Å². The van der Waals surface area contributed by atoms with Crippen LogP contribution in [0.5, 0.6) is 5.75 Å². The lowest BCUT2D eigenvalue weighted by Crippen LogP contribution is -2.58. The Hall–Kier alpha value is -5.19. The van der Waals surface area contributed by atoms with Crippen LogP contribution in [-0.4, -0.2) is 91.6 Å². The van der Waals surface area contributed by atoms with Gasteiger partial charge in [0.1, 0.15) is 23.9 Å². The molecule has 0 aliphatic rings. The highest BCUT2D eigenvalue weighted by atomic mass is 16.4. The molecule has 0 saturated heterocycles. The SMILES string of the molecule is NC(N)=NCCCC(NC(=O)C(Cc1cnc[nH]1)NC(=O)C(N)Cc1ccc(O)cc1)C(=O)NC(CC(=O)O)C(=O)O. The number of phenols is 1. The molecule has 0 saturated carbocycles. The fraction of sp³-hybridized carbons (Fsp3) is 0.400.